The Hall–Kier alpha value is -0.740. The molecule has 1 aromatic rings. The monoisotopic (exact) mass is 262 g/mol. The molecule has 1 amide bonds. The van der Waals surface area contributed by atoms with E-state index in [2.05, 4.69) is 21.2 Å². The van der Waals surface area contributed by atoms with E-state index >= 15 is 0 Å². The molecule has 1 aromatic carbocycles. The van der Waals surface area contributed by atoms with Crippen LogP contribution in [0.2, 0.25) is 5.02 Å². The summed E-state index contributed by atoms with van der Waals surface area (Å²) in [6.45, 7) is 1.43. The van der Waals surface area contributed by atoms with Crippen LogP contribution >= 0.6 is 27.5 Å². The summed E-state index contributed by atoms with van der Waals surface area (Å²) in [7, 11) is 0. The van der Waals surface area contributed by atoms with Gasteiger partial charge in [0.2, 0.25) is 5.91 Å². The predicted octanol–water partition coefficient (Wildman–Crippen LogP) is 2.64. The quantitative estimate of drug-likeness (QED) is 0.765. The van der Waals surface area contributed by atoms with Gasteiger partial charge < -0.3 is 11.1 Å². The van der Waals surface area contributed by atoms with E-state index in [1.54, 1.807) is 12.1 Å². The topological polar surface area (TPSA) is 55.1 Å². The molecular formula is C8H8BrClN2O. The van der Waals surface area contributed by atoms with E-state index < -0.39 is 0 Å². The molecule has 0 saturated heterocycles. The third kappa shape index (κ3) is 2.60. The molecule has 0 aliphatic rings. The first kappa shape index (κ1) is 10.3. The summed E-state index contributed by atoms with van der Waals surface area (Å²) in [6, 6.07) is 3.25. The van der Waals surface area contributed by atoms with Gasteiger partial charge in [-0.1, -0.05) is 11.6 Å². The van der Waals surface area contributed by atoms with Crippen LogP contribution < -0.4 is 11.1 Å². The Morgan fingerprint density at radius 3 is 2.77 bits per heavy atom. The van der Waals surface area contributed by atoms with Gasteiger partial charge in [0.15, 0.2) is 0 Å². The maximum atomic E-state index is 10.8. The van der Waals surface area contributed by atoms with Gasteiger partial charge in [-0.25, -0.2) is 0 Å². The van der Waals surface area contributed by atoms with Gasteiger partial charge in [-0.05, 0) is 28.1 Å². The third-order valence-electron chi connectivity index (χ3n) is 1.40. The molecule has 0 saturated carbocycles. The summed E-state index contributed by atoms with van der Waals surface area (Å²) in [5.41, 5.74) is 6.64. The summed E-state index contributed by atoms with van der Waals surface area (Å²) in [4.78, 5) is 10.8. The van der Waals surface area contributed by atoms with Gasteiger partial charge in [0, 0.05) is 11.4 Å². The number of hydrogen-bond donors (Lipinski definition) is 2. The first-order valence-corrected chi connectivity index (χ1v) is 4.70. The van der Waals surface area contributed by atoms with Crippen molar-refractivity contribution in [3.63, 3.8) is 0 Å². The molecule has 0 spiro atoms. The van der Waals surface area contributed by atoms with Gasteiger partial charge >= 0.3 is 0 Å². The van der Waals surface area contributed by atoms with Crippen LogP contribution in [0.1, 0.15) is 6.92 Å². The number of nitrogen functional groups attached to an aromatic ring is 1. The Kier molecular flexibility index (Phi) is 3.17. The van der Waals surface area contributed by atoms with Crippen molar-refractivity contribution in [3.05, 3.63) is 21.6 Å². The van der Waals surface area contributed by atoms with Crippen LogP contribution in [0.3, 0.4) is 0 Å². The molecule has 0 aromatic heterocycles. The average Bonchev–Trinajstić information content (AvgIpc) is 1.99. The van der Waals surface area contributed by atoms with Crippen molar-refractivity contribution in [1.82, 2.24) is 0 Å². The van der Waals surface area contributed by atoms with Crippen molar-refractivity contribution in [3.8, 4) is 0 Å². The fourth-order valence-electron chi connectivity index (χ4n) is 0.848. The van der Waals surface area contributed by atoms with Gasteiger partial charge in [0.25, 0.3) is 0 Å². The van der Waals surface area contributed by atoms with Crippen LogP contribution in [0.15, 0.2) is 16.6 Å². The van der Waals surface area contributed by atoms with Crippen LogP contribution in [0.5, 0.6) is 0 Å². The van der Waals surface area contributed by atoms with E-state index in [4.69, 9.17) is 17.3 Å². The van der Waals surface area contributed by atoms with Crippen molar-refractivity contribution in [2.24, 2.45) is 0 Å². The van der Waals surface area contributed by atoms with Gasteiger partial charge in [-0.15, -0.1) is 0 Å². The van der Waals surface area contributed by atoms with Gasteiger partial charge in [-0.2, -0.15) is 0 Å². The number of hydrogen-bond acceptors (Lipinski definition) is 2. The SMILES string of the molecule is CC(=O)Nc1cc(Cl)c(N)cc1Br. The minimum absolute atomic E-state index is 0.151. The van der Waals surface area contributed by atoms with Gasteiger partial charge in [-0.3, -0.25) is 4.79 Å². The van der Waals surface area contributed by atoms with Crippen molar-refractivity contribution in [1.29, 1.82) is 0 Å². The number of nitrogens with one attached hydrogen (secondary N) is 1. The van der Waals surface area contributed by atoms with E-state index in [-0.39, 0.29) is 5.91 Å². The molecule has 0 radical (unpaired) electrons. The normalized spacial score (nSPS) is 9.77. The lowest BCUT2D eigenvalue weighted by Gasteiger charge is -2.07. The van der Waals surface area contributed by atoms with Gasteiger partial charge in [0.1, 0.15) is 0 Å². The largest absolute Gasteiger partial charge is 0.397 e. The third-order valence-corrected chi connectivity index (χ3v) is 2.38. The lowest BCUT2D eigenvalue weighted by atomic mass is 10.3. The molecule has 3 nitrogen and oxygen atoms in total. The second-order valence-corrected chi connectivity index (χ2v) is 3.80. The summed E-state index contributed by atoms with van der Waals surface area (Å²) >= 11 is 9.03. The summed E-state index contributed by atoms with van der Waals surface area (Å²) in [5, 5.41) is 3.04. The zero-order valence-corrected chi connectivity index (χ0v) is 9.24. The highest BCUT2D eigenvalue weighted by Gasteiger charge is 2.05. The molecule has 0 bridgehead atoms. The van der Waals surface area contributed by atoms with Crippen LogP contribution in [0.4, 0.5) is 11.4 Å². The molecular weight excluding hydrogens is 255 g/mol. The van der Waals surface area contributed by atoms with E-state index in [0.717, 1.165) is 0 Å². The number of nitrogens with two attached hydrogens (primary N) is 1. The lowest BCUT2D eigenvalue weighted by Crippen LogP contribution is -2.06. The summed E-state index contributed by atoms with van der Waals surface area (Å²) in [6.07, 6.45) is 0. The zero-order chi connectivity index (χ0) is 10.0. The molecule has 0 unspecified atom stereocenters. The number of anilines is 2. The highest BCUT2D eigenvalue weighted by atomic mass is 79.9. The van der Waals surface area contributed by atoms with Crippen LogP contribution in [-0.2, 0) is 4.79 Å². The van der Waals surface area contributed by atoms with Gasteiger partial charge in [0.05, 0.1) is 16.4 Å². The Labute approximate surface area is 89.4 Å². The maximum absolute atomic E-state index is 10.8. The fourth-order valence-corrected chi connectivity index (χ4v) is 1.47. The lowest BCUT2D eigenvalue weighted by molar-refractivity contribution is -0.114. The molecule has 1 rings (SSSR count). The maximum Gasteiger partial charge on any atom is 0.221 e. The van der Waals surface area contributed by atoms with Crippen molar-refractivity contribution < 1.29 is 4.79 Å². The standard InChI is InChI=1S/C8H8BrClN2O/c1-4(13)12-8-3-6(10)7(11)2-5(8)9/h2-3H,11H2,1H3,(H,12,13). The minimum atomic E-state index is -0.151. The molecule has 0 aliphatic carbocycles. The van der Waals surface area contributed by atoms with Crippen molar-refractivity contribution in [2.75, 3.05) is 11.1 Å². The molecule has 3 N–H and O–H groups in total. The predicted molar refractivity (Wildman–Crippen MR) is 57.9 cm³/mol. The molecule has 5 heteroatoms. The molecule has 0 atom stereocenters. The van der Waals surface area contributed by atoms with Crippen LogP contribution in [0.25, 0.3) is 0 Å². The van der Waals surface area contributed by atoms with E-state index in [0.29, 0.717) is 20.9 Å². The Balaban J connectivity index is 3.08. The van der Waals surface area contributed by atoms with E-state index in [1.165, 1.54) is 6.92 Å². The first-order chi connectivity index (χ1) is 6.00. The molecule has 0 fully saturated rings. The number of carbonyl (C=O) groups excluding carboxylic acids is 1. The summed E-state index contributed by atoms with van der Waals surface area (Å²) in [5.74, 6) is -0.151. The minimum Gasteiger partial charge on any atom is -0.397 e. The highest BCUT2D eigenvalue weighted by Crippen LogP contribution is 2.30. The Morgan fingerprint density at radius 2 is 2.23 bits per heavy atom. The number of rotatable bonds is 1. The van der Waals surface area contributed by atoms with Crippen molar-refractivity contribution in [2.45, 2.75) is 6.92 Å². The smallest absolute Gasteiger partial charge is 0.221 e. The van der Waals surface area contributed by atoms with Crippen LogP contribution in [0, 0.1) is 0 Å². The van der Waals surface area contributed by atoms with E-state index in [1.807, 2.05) is 0 Å². The Bertz CT molecular complexity index is 354. The average molecular weight is 264 g/mol. The molecule has 13 heavy (non-hydrogen) atoms. The van der Waals surface area contributed by atoms with E-state index in [9.17, 15) is 4.79 Å². The second-order valence-electron chi connectivity index (χ2n) is 2.53. The number of amides is 1. The Morgan fingerprint density at radius 1 is 1.62 bits per heavy atom. The first-order valence-electron chi connectivity index (χ1n) is 3.53. The second kappa shape index (κ2) is 3.98. The van der Waals surface area contributed by atoms with Crippen LogP contribution in [-0.4, -0.2) is 5.91 Å². The summed E-state index contributed by atoms with van der Waals surface area (Å²) < 4.78 is 0.713. The molecule has 0 heterocycles. The number of halogens is 2. The van der Waals surface area contributed by atoms with Crippen molar-refractivity contribution >= 4 is 44.8 Å². The zero-order valence-electron chi connectivity index (χ0n) is 6.90. The fraction of sp³-hybridized carbons (Fsp3) is 0.125. The molecule has 70 valence electrons. The number of benzene rings is 1. The number of carbonyl (C=O) groups is 1. The highest BCUT2D eigenvalue weighted by molar-refractivity contribution is 9.10. The molecule has 0 aliphatic heterocycles.